The van der Waals surface area contributed by atoms with Gasteiger partial charge in [-0.3, -0.25) is 5.10 Å². The van der Waals surface area contributed by atoms with Gasteiger partial charge in [0.25, 0.3) is 0 Å². The summed E-state index contributed by atoms with van der Waals surface area (Å²) in [5.74, 6) is 0.0798. The predicted octanol–water partition coefficient (Wildman–Crippen LogP) is 2.27. The molecule has 0 bridgehead atoms. The predicted molar refractivity (Wildman–Crippen MR) is 78.5 cm³/mol. The van der Waals surface area contributed by atoms with Crippen LogP contribution >= 0.6 is 22.9 Å². The molecular weight excluding hydrogens is 318 g/mol. The SMILES string of the molecule is Cc1[nH]nc(CCl)c1S(=O)(=O)N1CCc2sccc2C1. The third kappa shape index (κ3) is 2.18. The molecule has 2 aromatic rings. The highest BCUT2D eigenvalue weighted by Crippen LogP contribution is 2.30. The normalized spacial score (nSPS) is 16.3. The molecule has 1 aliphatic rings. The lowest BCUT2D eigenvalue weighted by atomic mass is 10.1. The Morgan fingerprint density at radius 3 is 3.10 bits per heavy atom. The highest BCUT2D eigenvalue weighted by molar-refractivity contribution is 7.89. The van der Waals surface area contributed by atoms with Crippen LogP contribution in [-0.4, -0.2) is 29.5 Å². The minimum Gasteiger partial charge on any atom is -0.281 e. The van der Waals surface area contributed by atoms with Crippen molar-refractivity contribution in [1.29, 1.82) is 0 Å². The van der Waals surface area contributed by atoms with Crippen LogP contribution in [0.2, 0.25) is 0 Å². The van der Waals surface area contributed by atoms with E-state index in [4.69, 9.17) is 11.6 Å². The average molecular weight is 332 g/mol. The zero-order valence-electron chi connectivity index (χ0n) is 10.9. The minimum absolute atomic E-state index is 0.0798. The fourth-order valence-electron chi connectivity index (χ4n) is 2.46. The first kappa shape index (κ1) is 14.1. The Bertz CT molecular complexity index is 736. The van der Waals surface area contributed by atoms with Crippen molar-refractivity contribution in [2.45, 2.75) is 30.7 Å². The Kier molecular flexibility index (Phi) is 3.62. The Morgan fingerprint density at radius 2 is 2.35 bits per heavy atom. The molecule has 0 unspecified atom stereocenters. The Balaban J connectivity index is 1.99. The topological polar surface area (TPSA) is 66.1 Å². The van der Waals surface area contributed by atoms with E-state index in [0.717, 1.165) is 12.0 Å². The number of aromatic amines is 1. The smallest absolute Gasteiger partial charge is 0.247 e. The van der Waals surface area contributed by atoms with Gasteiger partial charge in [-0.05, 0) is 30.4 Å². The fourth-order valence-corrected chi connectivity index (χ4v) is 5.37. The van der Waals surface area contributed by atoms with Crippen molar-refractivity contribution in [2.24, 2.45) is 0 Å². The van der Waals surface area contributed by atoms with E-state index in [0.29, 0.717) is 24.5 Å². The molecule has 3 heterocycles. The molecule has 5 nitrogen and oxygen atoms in total. The van der Waals surface area contributed by atoms with Crippen molar-refractivity contribution < 1.29 is 8.42 Å². The maximum absolute atomic E-state index is 12.8. The van der Waals surface area contributed by atoms with Crippen LogP contribution < -0.4 is 0 Å². The highest BCUT2D eigenvalue weighted by atomic mass is 35.5. The molecule has 0 amide bonds. The van der Waals surface area contributed by atoms with Crippen LogP contribution in [0.4, 0.5) is 0 Å². The van der Waals surface area contributed by atoms with E-state index >= 15 is 0 Å². The van der Waals surface area contributed by atoms with Gasteiger partial charge in [0.15, 0.2) is 0 Å². The molecule has 0 aromatic carbocycles. The van der Waals surface area contributed by atoms with Gasteiger partial charge in [-0.25, -0.2) is 8.42 Å². The Hall–Kier alpha value is -0.890. The van der Waals surface area contributed by atoms with Crippen molar-refractivity contribution >= 4 is 33.0 Å². The molecule has 0 atom stereocenters. The second kappa shape index (κ2) is 5.14. The van der Waals surface area contributed by atoms with Gasteiger partial charge in [0.05, 0.1) is 17.3 Å². The van der Waals surface area contributed by atoms with Crippen LogP contribution in [-0.2, 0) is 28.9 Å². The van der Waals surface area contributed by atoms with Crippen LogP contribution in [0.1, 0.15) is 21.8 Å². The third-order valence-corrected chi connectivity index (χ3v) is 6.78. The lowest BCUT2D eigenvalue weighted by molar-refractivity contribution is 0.393. The zero-order valence-corrected chi connectivity index (χ0v) is 13.3. The van der Waals surface area contributed by atoms with Gasteiger partial charge in [-0.1, -0.05) is 0 Å². The molecular formula is C12H14ClN3O2S2. The fraction of sp³-hybridized carbons (Fsp3) is 0.417. The summed E-state index contributed by atoms with van der Waals surface area (Å²) in [7, 11) is -3.55. The van der Waals surface area contributed by atoms with E-state index in [9.17, 15) is 8.42 Å². The largest absolute Gasteiger partial charge is 0.281 e. The van der Waals surface area contributed by atoms with Crippen LogP contribution in [0.15, 0.2) is 16.3 Å². The number of hydrogen-bond donors (Lipinski definition) is 1. The van der Waals surface area contributed by atoms with E-state index in [2.05, 4.69) is 10.2 Å². The third-order valence-electron chi connectivity index (χ3n) is 3.46. The maximum atomic E-state index is 12.8. The molecule has 1 aliphatic heterocycles. The zero-order chi connectivity index (χ0) is 14.3. The van der Waals surface area contributed by atoms with E-state index in [1.54, 1.807) is 18.3 Å². The lowest BCUT2D eigenvalue weighted by Crippen LogP contribution is -2.35. The summed E-state index contributed by atoms with van der Waals surface area (Å²) in [6, 6.07) is 1.99. The van der Waals surface area contributed by atoms with Gasteiger partial charge in [0.1, 0.15) is 4.90 Å². The molecule has 0 saturated carbocycles. The average Bonchev–Trinajstić information content (AvgIpc) is 3.03. The maximum Gasteiger partial charge on any atom is 0.247 e. The van der Waals surface area contributed by atoms with Gasteiger partial charge in [0, 0.05) is 18.0 Å². The number of sulfonamides is 1. The van der Waals surface area contributed by atoms with Gasteiger partial charge < -0.3 is 0 Å². The van der Waals surface area contributed by atoms with E-state index in [-0.39, 0.29) is 10.8 Å². The summed E-state index contributed by atoms with van der Waals surface area (Å²) in [5, 5.41) is 8.69. The Morgan fingerprint density at radius 1 is 1.55 bits per heavy atom. The summed E-state index contributed by atoms with van der Waals surface area (Å²) in [4.78, 5) is 1.50. The number of rotatable bonds is 3. The number of nitrogens with zero attached hydrogens (tertiary/aromatic N) is 2. The summed E-state index contributed by atoms with van der Waals surface area (Å²) >= 11 is 7.48. The Labute approximate surface area is 126 Å². The molecule has 1 N–H and O–H groups in total. The number of halogens is 1. The van der Waals surface area contributed by atoms with Crippen molar-refractivity contribution in [2.75, 3.05) is 6.54 Å². The number of hydrogen-bond acceptors (Lipinski definition) is 4. The van der Waals surface area contributed by atoms with Gasteiger partial charge in [-0.15, -0.1) is 22.9 Å². The number of thiophene rings is 1. The summed E-state index contributed by atoms with van der Waals surface area (Å²) in [6.07, 6.45) is 0.763. The standard InChI is InChI=1S/C12H14ClN3O2S2/c1-8-12(10(6-13)15-14-8)20(17,18)16-4-2-11-9(7-16)3-5-19-11/h3,5H,2,4,6-7H2,1H3,(H,14,15). The van der Waals surface area contributed by atoms with Crippen molar-refractivity contribution in [3.05, 3.63) is 33.3 Å². The lowest BCUT2D eigenvalue weighted by Gasteiger charge is -2.26. The molecule has 20 heavy (non-hydrogen) atoms. The van der Waals surface area contributed by atoms with Crippen LogP contribution in [0, 0.1) is 6.92 Å². The van der Waals surface area contributed by atoms with Crippen LogP contribution in [0.25, 0.3) is 0 Å². The molecule has 108 valence electrons. The van der Waals surface area contributed by atoms with E-state index in [1.807, 2.05) is 11.4 Å². The van der Waals surface area contributed by atoms with E-state index in [1.165, 1.54) is 9.18 Å². The molecule has 0 radical (unpaired) electrons. The first-order valence-electron chi connectivity index (χ1n) is 6.19. The second-order valence-corrected chi connectivity index (χ2v) is 7.86. The highest BCUT2D eigenvalue weighted by Gasteiger charge is 2.33. The number of fused-ring (bicyclic) bond motifs is 1. The summed E-state index contributed by atoms with van der Waals surface area (Å²) in [5.41, 5.74) is 2.02. The second-order valence-electron chi connectivity index (χ2n) is 4.72. The van der Waals surface area contributed by atoms with Gasteiger partial charge in [0.2, 0.25) is 10.0 Å². The van der Waals surface area contributed by atoms with Gasteiger partial charge >= 0.3 is 0 Å². The monoisotopic (exact) mass is 331 g/mol. The number of nitrogens with one attached hydrogen (secondary N) is 1. The van der Waals surface area contributed by atoms with Crippen LogP contribution in [0.5, 0.6) is 0 Å². The molecule has 0 saturated heterocycles. The molecule has 2 aromatic heterocycles. The summed E-state index contributed by atoms with van der Waals surface area (Å²) < 4.78 is 27.1. The van der Waals surface area contributed by atoms with Crippen molar-refractivity contribution in [3.8, 4) is 0 Å². The summed E-state index contributed by atoms with van der Waals surface area (Å²) in [6.45, 7) is 2.63. The molecule has 0 fully saturated rings. The first-order valence-corrected chi connectivity index (χ1v) is 9.04. The van der Waals surface area contributed by atoms with Crippen molar-refractivity contribution in [1.82, 2.24) is 14.5 Å². The number of aromatic nitrogens is 2. The van der Waals surface area contributed by atoms with E-state index < -0.39 is 10.0 Å². The molecule has 3 rings (SSSR count). The molecule has 0 spiro atoms. The quantitative estimate of drug-likeness (QED) is 0.877. The van der Waals surface area contributed by atoms with Crippen LogP contribution in [0.3, 0.4) is 0 Å². The minimum atomic E-state index is -3.55. The number of aryl methyl sites for hydroxylation is 1. The first-order chi connectivity index (χ1) is 9.54. The molecule has 8 heteroatoms. The van der Waals surface area contributed by atoms with Crippen molar-refractivity contribution in [3.63, 3.8) is 0 Å². The number of H-pyrrole nitrogens is 1. The van der Waals surface area contributed by atoms with Gasteiger partial charge in [-0.2, -0.15) is 9.40 Å². The molecule has 0 aliphatic carbocycles. The number of alkyl halides is 1.